The molecule has 1 aromatic rings. The first-order valence-corrected chi connectivity index (χ1v) is 10.1. The largest absolute Gasteiger partial charge is 0.313 e. The fourth-order valence-corrected chi connectivity index (χ4v) is 4.08. The molecule has 134 valence electrons. The van der Waals surface area contributed by atoms with E-state index in [0.717, 1.165) is 6.04 Å². The molecule has 24 heavy (non-hydrogen) atoms. The van der Waals surface area contributed by atoms with Gasteiger partial charge in [0.25, 0.3) is 0 Å². The quantitative estimate of drug-likeness (QED) is 0.829. The molecule has 3 rings (SSSR count). The molecule has 0 unspecified atom stereocenters. The first-order chi connectivity index (χ1) is 11.9. The summed E-state index contributed by atoms with van der Waals surface area (Å²) in [5, 5.41) is 3.82. The van der Waals surface area contributed by atoms with Crippen molar-refractivity contribution in [3.63, 3.8) is 0 Å². The van der Waals surface area contributed by atoms with Crippen LogP contribution in [0.3, 0.4) is 0 Å². The summed E-state index contributed by atoms with van der Waals surface area (Å²) < 4.78 is 0. The smallest absolute Gasteiger partial charge is 0.0107 e. The molecule has 0 radical (unpaired) electrons. The van der Waals surface area contributed by atoms with Crippen LogP contribution in [0.5, 0.6) is 0 Å². The van der Waals surface area contributed by atoms with E-state index in [4.69, 9.17) is 0 Å². The zero-order valence-electron chi connectivity index (χ0n) is 15.3. The van der Waals surface area contributed by atoms with Gasteiger partial charge in [-0.2, -0.15) is 0 Å². The van der Waals surface area contributed by atoms with Gasteiger partial charge in [0.05, 0.1) is 0 Å². The molecule has 0 aliphatic carbocycles. The van der Waals surface area contributed by atoms with E-state index >= 15 is 0 Å². The van der Waals surface area contributed by atoms with E-state index in [1.54, 1.807) is 0 Å². The Bertz CT molecular complexity index is 432. The van der Waals surface area contributed by atoms with Crippen molar-refractivity contribution in [3.8, 4) is 0 Å². The van der Waals surface area contributed by atoms with Gasteiger partial charge in [-0.1, -0.05) is 43.2 Å². The molecule has 0 amide bonds. The molecular weight excluding hydrogens is 294 g/mol. The first kappa shape index (κ1) is 17.9. The van der Waals surface area contributed by atoms with Crippen LogP contribution in [0.4, 0.5) is 0 Å². The van der Waals surface area contributed by atoms with Crippen LogP contribution < -0.4 is 5.32 Å². The first-order valence-electron chi connectivity index (χ1n) is 10.1. The van der Waals surface area contributed by atoms with Crippen molar-refractivity contribution >= 4 is 0 Å². The lowest BCUT2D eigenvalue weighted by Gasteiger charge is -2.33. The molecule has 2 heterocycles. The van der Waals surface area contributed by atoms with Crippen LogP contribution in [0.1, 0.15) is 44.1 Å². The Hall–Kier alpha value is -0.900. The number of hydrogen-bond acceptors (Lipinski definition) is 3. The molecule has 0 saturated carbocycles. The van der Waals surface area contributed by atoms with Gasteiger partial charge in [0.15, 0.2) is 0 Å². The van der Waals surface area contributed by atoms with Gasteiger partial charge < -0.3 is 15.1 Å². The minimum absolute atomic E-state index is 0.741. The third-order valence-corrected chi connectivity index (χ3v) is 5.71. The van der Waals surface area contributed by atoms with Crippen LogP contribution in [-0.2, 0) is 6.42 Å². The average Bonchev–Trinajstić information content (AvgIpc) is 2.91. The molecule has 1 aromatic carbocycles. The summed E-state index contributed by atoms with van der Waals surface area (Å²) in [7, 11) is 0. The summed E-state index contributed by atoms with van der Waals surface area (Å²) in [6.07, 6.45) is 9.49. The second-order valence-electron chi connectivity index (χ2n) is 7.56. The van der Waals surface area contributed by atoms with Crippen LogP contribution >= 0.6 is 0 Å². The van der Waals surface area contributed by atoms with E-state index < -0.39 is 0 Å². The van der Waals surface area contributed by atoms with Gasteiger partial charge in [-0.3, -0.25) is 0 Å². The summed E-state index contributed by atoms with van der Waals surface area (Å²) in [5.41, 5.74) is 1.47. The number of hydrogen-bond donors (Lipinski definition) is 1. The standard InChI is InChI=1S/C21H35N3/c1-2-7-15-23(14-6-1)19-13-22-21-11-17-24(18-12-21)16-10-20-8-4-3-5-9-20/h3-5,8-9,21-22H,1-2,6-7,10-19H2. The zero-order chi connectivity index (χ0) is 16.5. The van der Waals surface area contributed by atoms with Gasteiger partial charge in [0, 0.05) is 25.7 Å². The highest BCUT2D eigenvalue weighted by Gasteiger charge is 2.18. The maximum Gasteiger partial charge on any atom is 0.0107 e. The van der Waals surface area contributed by atoms with E-state index in [1.807, 2.05) is 0 Å². The Morgan fingerprint density at radius 3 is 2.17 bits per heavy atom. The number of rotatable bonds is 7. The Morgan fingerprint density at radius 2 is 1.46 bits per heavy atom. The second-order valence-corrected chi connectivity index (χ2v) is 7.56. The monoisotopic (exact) mass is 329 g/mol. The Labute approximate surface area is 148 Å². The highest BCUT2D eigenvalue weighted by atomic mass is 15.2. The predicted octanol–water partition coefficient (Wildman–Crippen LogP) is 3.16. The summed E-state index contributed by atoms with van der Waals surface area (Å²) in [5.74, 6) is 0. The molecule has 0 spiro atoms. The van der Waals surface area contributed by atoms with E-state index in [1.165, 1.54) is 96.3 Å². The third kappa shape index (κ3) is 6.19. The van der Waals surface area contributed by atoms with E-state index in [9.17, 15) is 0 Å². The fourth-order valence-electron chi connectivity index (χ4n) is 4.08. The molecule has 2 aliphatic rings. The van der Waals surface area contributed by atoms with Gasteiger partial charge in [0.1, 0.15) is 0 Å². The number of piperidine rings is 1. The number of nitrogens with zero attached hydrogens (tertiary/aromatic N) is 2. The maximum absolute atomic E-state index is 3.82. The molecule has 3 heteroatoms. The maximum atomic E-state index is 3.82. The van der Waals surface area contributed by atoms with E-state index in [2.05, 4.69) is 45.4 Å². The van der Waals surface area contributed by atoms with Crippen LogP contribution in [0.25, 0.3) is 0 Å². The SMILES string of the molecule is c1ccc(CCN2CCC(NCCN3CCCCCC3)CC2)cc1. The molecule has 2 aliphatic heterocycles. The van der Waals surface area contributed by atoms with Gasteiger partial charge in [0.2, 0.25) is 0 Å². The minimum Gasteiger partial charge on any atom is -0.313 e. The molecule has 0 bridgehead atoms. The van der Waals surface area contributed by atoms with Crippen LogP contribution in [0.15, 0.2) is 30.3 Å². The highest BCUT2D eigenvalue weighted by Crippen LogP contribution is 2.12. The third-order valence-electron chi connectivity index (χ3n) is 5.71. The van der Waals surface area contributed by atoms with Gasteiger partial charge in [-0.25, -0.2) is 0 Å². The summed E-state index contributed by atoms with van der Waals surface area (Å²) in [6, 6.07) is 11.6. The average molecular weight is 330 g/mol. The predicted molar refractivity (Wildman–Crippen MR) is 103 cm³/mol. The lowest BCUT2D eigenvalue weighted by Crippen LogP contribution is -2.45. The zero-order valence-corrected chi connectivity index (χ0v) is 15.3. The van der Waals surface area contributed by atoms with E-state index in [-0.39, 0.29) is 0 Å². The van der Waals surface area contributed by atoms with Crippen molar-refractivity contribution in [2.24, 2.45) is 0 Å². The van der Waals surface area contributed by atoms with Crippen molar-refractivity contribution in [3.05, 3.63) is 35.9 Å². The van der Waals surface area contributed by atoms with Crippen molar-refractivity contribution in [2.45, 2.75) is 51.0 Å². The van der Waals surface area contributed by atoms with Crippen molar-refractivity contribution in [1.82, 2.24) is 15.1 Å². The molecule has 3 nitrogen and oxygen atoms in total. The van der Waals surface area contributed by atoms with Gasteiger partial charge >= 0.3 is 0 Å². The topological polar surface area (TPSA) is 18.5 Å². The second kappa shape index (κ2) is 10.2. The number of nitrogens with one attached hydrogen (secondary N) is 1. The molecule has 0 atom stereocenters. The summed E-state index contributed by atoms with van der Waals surface area (Å²) >= 11 is 0. The van der Waals surface area contributed by atoms with Gasteiger partial charge in [-0.05, 0) is 63.8 Å². The van der Waals surface area contributed by atoms with Gasteiger partial charge in [-0.15, -0.1) is 0 Å². The van der Waals surface area contributed by atoms with Crippen molar-refractivity contribution in [2.75, 3.05) is 45.8 Å². The van der Waals surface area contributed by atoms with Crippen LogP contribution in [-0.4, -0.2) is 61.7 Å². The minimum atomic E-state index is 0.741. The summed E-state index contributed by atoms with van der Waals surface area (Å²) in [4.78, 5) is 5.30. The molecule has 2 saturated heterocycles. The van der Waals surface area contributed by atoms with Crippen LogP contribution in [0, 0.1) is 0 Å². The van der Waals surface area contributed by atoms with Crippen LogP contribution in [0.2, 0.25) is 0 Å². The number of benzene rings is 1. The fraction of sp³-hybridized carbons (Fsp3) is 0.714. The Balaban J connectivity index is 1.26. The van der Waals surface area contributed by atoms with Crippen molar-refractivity contribution in [1.29, 1.82) is 0 Å². The highest BCUT2D eigenvalue weighted by molar-refractivity contribution is 5.14. The van der Waals surface area contributed by atoms with E-state index in [0.29, 0.717) is 0 Å². The molecular formula is C21H35N3. The lowest BCUT2D eigenvalue weighted by atomic mass is 10.0. The number of likely N-dealkylation sites (tertiary alicyclic amines) is 2. The summed E-state index contributed by atoms with van der Waals surface area (Å²) in [6.45, 7) is 8.79. The van der Waals surface area contributed by atoms with Crippen molar-refractivity contribution < 1.29 is 0 Å². The molecule has 2 fully saturated rings. The Morgan fingerprint density at radius 1 is 0.792 bits per heavy atom. The Kier molecular flexibility index (Phi) is 7.59. The molecule has 0 aromatic heterocycles. The molecule has 1 N–H and O–H groups in total. The normalized spacial score (nSPS) is 21.7. The lowest BCUT2D eigenvalue weighted by molar-refractivity contribution is 0.194.